The third kappa shape index (κ3) is 2.49. The fraction of sp³-hybridized carbons (Fsp3) is 0.455. The summed E-state index contributed by atoms with van der Waals surface area (Å²) < 4.78 is 0. The van der Waals surface area contributed by atoms with Crippen LogP contribution in [0.25, 0.3) is 0 Å². The summed E-state index contributed by atoms with van der Waals surface area (Å²) in [7, 11) is 0. The molecule has 2 unspecified atom stereocenters. The molecule has 0 amide bonds. The van der Waals surface area contributed by atoms with Crippen LogP contribution in [0.15, 0.2) is 24.3 Å². The second-order valence-electron chi connectivity index (χ2n) is 3.63. The minimum absolute atomic E-state index is 0. The summed E-state index contributed by atoms with van der Waals surface area (Å²) in [6, 6.07) is 8.02. The summed E-state index contributed by atoms with van der Waals surface area (Å²) in [5, 5.41) is 21.6. The van der Waals surface area contributed by atoms with Gasteiger partial charge in [0.2, 0.25) is 0 Å². The summed E-state index contributed by atoms with van der Waals surface area (Å²) in [5.41, 5.74) is 2.36. The van der Waals surface area contributed by atoms with Crippen molar-refractivity contribution in [2.75, 3.05) is 13.2 Å². The standard InChI is InChI=1S/C11H15NO2.ClH/c13-6-5-12-11-9-4-2-1-3-8(9)7-10(11)14;/h1-4,10-14H,5-7H2;1H. The Hall–Kier alpha value is -0.610. The monoisotopic (exact) mass is 229 g/mol. The van der Waals surface area contributed by atoms with E-state index in [9.17, 15) is 5.11 Å². The molecular formula is C11H16ClNO2. The van der Waals surface area contributed by atoms with Crippen LogP contribution in [-0.2, 0) is 6.42 Å². The molecule has 2 rings (SSSR count). The molecule has 15 heavy (non-hydrogen) atoms. The molecule has 0 aliphatic heterocycles. The molecule has 0 saturated carbocycles. The van der Waals surface area contributed by atoms with Gasteiger partial charge >= 0.3 is 0 Å². The fourth-order valence-electron chi connectivity index (χ4n) is 2.04. The Morgan fingerprint density at radius 1 is 1.33 bits per heavy atom. The van der Waals surface area contributed by atoms with E-state index in [-0.39, 0.29) is 31.2 Å². The first-order valence-electron chi connectivity index (χ1n) is 4.93. The van der Waals surface area contributed by atoms with Crippen LogP contribution < -0.4 is 5.32 Å². The van der Waals surface area contributed by atoms with Crippen molar-refractivity contribution in [3.63, 3.8) is 0 Å². The van der Waals surface area contributed by atoms with Crippen molar-refractivity contribution < 1.29 is 10.2 Å². The quantitative estimate of drug-likeness (QED) is 0.714. The zero-order valence-electron chi connectivity index (χ0n) is 8.39. The number of rotatable bonds is 3. The predicted octanol–water partition coefficient (Wildman–Crippen LogP) is 0.648. The van der Waals surface area contributed by atoms with E-state index in [1.807, 2.05) is 24.3 Å². The molecule has 84 valence electrons. The average Bonchev–Trinajstić information content (AvgIpc) is 2.51. The molecular weight excluding hydrogens is 214 g/mol. The number of nitrogens with one attached hydrogen (secondary N) is 1. The average molecular weight is 230 g/mol. The molecule has 1 aliphatic carbocycles. The van der Waals surface area contributed by atoms with Gasteiger partial charge in [0.05, 0.1) is 18.8 Å². The molecule has 0 heterocycles. The van der Waals surface area contributed by atoms with Gasteiger partial charge in [0.25, 0.3) is 0 Å². The number of hydrogen-bond donors (Lipinski definition) is 3. The lowest BCUT2D eigenvalue weighted by Crippen LogP contribution is -2.30. The second kappa shape index (κ2) is 5.47. The van der Waals surface area contributed by atoms with Crippen LogP contribution in [0.1, 0.15) is 17.2 Å². The lowest BCUT2D eigenvalue weighted by Gasteiger charge is -2.16. The van der Waals surface area contributed by atoms with Gasteiger partial charge in [0, 0.05) is 13.0 Å². The Morgan fingerprint density at radius 2 is 2.07 bits per heavy atom. The lowest BCUT2D eigenvalue weighted by atomic mass is 10.1. The van der Waals surface area contributed by atoms with Crippen molar-refractivity contribution in [2.45, 2.75) is 18.6 Å². The molecule has 0 aromatic heterocycles. The van der Waals surface area contributed by atoms with Gasteiger partial charge in [-0.15, -0.1) is 12.4 Å². The van der Waals surface area contributed by atoms with Crippen molar-refractivity contribution in [3.8, 4) is 0 Å². The first-order valence-corrected chi connectivity index (χ1v) is 4.93. The minimum atomic E-state index is -0.362. The van der Waals surface area contributed by atoms with E-state index in [1.165, 1.54) is 5.56 Å². The van der Waals surface area contributed by atoms with Gasteiger partial charge in [0.1, 0.15) is 0 Å². The van der Waals surface area contributed by atoms with Gasteiger partial charge in [-0.05, 0) is 11.1 Å². The molecule has 0 saturated heterocycles. The van der Waals surface area contributed by atoms with Crippen molar-refractivity contribution in [3.05, 3.63) is 35.4 Å². The first kappa shape index (κ1) is 12.5. The highest BCUT2D eigenvalue weighted by molar-refractivity contribution is 5.85. The smallest absolute Gasteiger partial charge is 0.0775 e. The van der Waals surface area contributed by atoms with E-state index >= 15 is 0 Å². The van der Waals surface area contributed by atoms with Crippen molar-refractivity contribution in [1.29, 1.82) is 0 Å². The third-order valence-electron chi connectivity index (χ3n) is 2.68. The highest BCUT2D eigenvalue weighted by atomic mass is 35.5. The van der Waals surface area contributed by atoms with Crippen LogP contribution in [0.2, 0.25) is 0 Å². The van der Waals surface area contributed by atoms with Crippen LogP contribution in [0, 0.1) is 0 Å². The molecule has 3 nitrogen and oxygen atoms in total. The Bertz CT molecular complexity index is 319. The summed E-state index contributed by atoms with van der Waals surface area (Å²) >= 11 is 0. The van der Waals surface area contributed by atoms with Crippen molar-refractivity contribution >= 4 is 12.4 Å². The molecule has 3 N–H and O–H groups in total. The van der Waals surface area contributed by atoms with Crippen LogP contribution in [-0.4, -0.2) is 29.5 Å². The number of aliphatic hydroxyl groups is 2. The summed E-state index contributed by atoms with van der Waals surface area (Å²) in [6.45, 7) is 0.626. The Balaban J connectivity index is 0.00000112. The second-order valence-corrected chi connectivity index (χ2v) is 3.63. The highest BCUT2D eigenvalue weighted by Gasteiger charge is 2.29. The van der Waals surface area contributed by atoms with Crippen LogP contribution >= 0.6 is 12.4 Å². The minimum Gasteiger partial charge on any atom is -0.395 e. The van der Waals surface area contributed by atoms with Crippen LogP contribution in [0.4, 0.5) is 0 Å². The normalized spacial score (nSPS) is 23.3. The van der Waals surface area contributed by atoms with Crippen LogP contribution in [0.3, 0.4) is 0 Å². The lowest BCUT2D eigenvalue weighted by molar-refractivity contribution is 0.137. The molecule has 0 bridgehead atoms. The van der Waals surface area contributed by atoms with E-state index < -0.39 is 0 Å². The summed E-state index contributed by atoms with van der Waals surface area (Å²) in [4.78, 5) is 0. The molecule has 0 radical (unpaired) electrons. The van der Waals surface area contributed by atoms with Gasteiger partial charge in [-0.1, -0.05) is 24.3 Å². The third-order valence-corrected chi connectivity index (χ3v) is 2.68. The molecule has 0 fully saturated rings. The molecule has 4 heteroatoms. The fourth-order valence-corrected chi connectivity index (χ4v) is 2.04. The highest BCUT2D eigenvalue weighted by Crippen LogP contribution is 2.30. The van der Waals surface area contributed by atoms with E-state index in [4.69, 9.17) is 5.11 Å². The SMILES string of the molecule is Cl.OCCNC1c2ccccc2CC1O. The van der Waals surface area contributed by atoms with E-state index in [0.717, 1.165) is 5.56 Å². The van der Waals surface area contributed by atoms with Gasteiger partial charge in [-0.3, -0.25) is 0 Å². The molecule has 0 spiro atoms. The molecule has 1 aromatic carbocycles. The molecule has 1 aromatic rings. The predicted molar refractivity (Wildman–Crippen MR) is 61.2 cm³/mol. The topological polar surface area (TPSA) is 52.5 Å². The van der Waals surface area contributed by atoms with Gasteiger partial charge in [-0.2, -0.15) is 0 Å². The maximum Gasteiger partial charge on any atom is 0.0775 e. The van der Waals surface area contributed by atoms with Gasteiger partial charge in [0.15, 0.2) is 0 Å². The summed E-state index contributed by atoms with van der Waals surface area (Å²) in [6.07, 6.45) is 0.346. The van der Waals surface area contributed by atoms with Crippen LogP contribution in [0.5, 0.6) is 0 Å². The maximum atomic E-state index is 9.79. The Morgan fingerprint density at radius 3 is 2.80 bits per heavy atom. The Labute approximate surface area is 95.5 Å². The largest absolute Gasteiger partial charge is 0.395 e. The zero-order valence-corrected chi connectivity index (χ0v) is 9.20. The number of benzene rings is 1. The number of hydrogen-bond acceptors (Lipinski definition) is 3. The van der Waals surface area contributed by atoms with Gasteiger partial charge < -0.3 is 15.5 Å². The number of fused-ring (bicyclic) bond motifs is 1. The van der Waals surface area contributed by atoms with E-state index in [0.29, 0.717) is 13.0 Å². The molecule has 1 aliphatic rings. The number of aliphatic hydroxyl groups excluding tert-OH is 2. The zero-order chi connectivity index (χ0) is 9.97. The number of halogens is 1. The van der Waals surface area contributed by atoms with E-state index in [1.54, 1.807) is 0 Å². The van der Waals surface area contributed by atoms with Gasteiger partial charge in [-0.25, -0.2) is 0 Å². The van der Waals surface area contributed by atoms with Crippen molar-refractivity contribution in [1.82, 2.24) is 5.32 Å². The van der Waals surface area contributed by atoms with Crippen molar-refractivity contribution in [2.24, 2.45) is 0 Å². The molecule has 2 atom stereocenters. The summed E-state index contributed by atoms with van der Waals surface area (Å²) in [5.74, 6) is 0. The Kier molecular flexibility index (Phi) is 4.54. The maximum absolute atomic E-state index is 9.79. The first-order chi connectivity index (χ1) is 6.83. The van der Waals surface area contributed by atoms with E-state index in [2.05, 4.69) is 5.32 Å².